The van der Waals surface area contributed by atoms with Crippen LogP contribution in [0.1, 0.15) is 129 Å². The second-order valence-electron chi connectivity index (χ2n) is 23.6. The number of pyridine rings is 1. The van der Waals surface area contributed by atoms with E-state index in [1.807, 2.05) is 12.3 Å². The van der Waals surface area contributed by atoms with Gasteiger partial charge in [0.25, 0.3) is 0 Å². The maximum Gasteiger partial charge on any atom is 0.135 e. The number of aromatic nitrogens is 2. The van der Waals surface area contributed by atoms with E-state index in [9.17, 15) is 0 Å². The predicted molar refractivity (Wildman–Crippen MR) is 297 cm³/mol. The van der Waals surface area contributed by atoms with E-state index in [2.05, 4.69) is 275 Å². The Hall–Kier alpha value is -6.42. The van der Waals surface area contributed by atoms with E-state index in [1.54, 1.807) is 0 Å². The van der Waals surface area contributed by atoms with Crippen LogP contribution in [-0.2, 0) is 48.1 Å². The van der Waals surface area contributed by atoms with Crippen molar-refractivity contribution in [3.8, 4) is 17.3 Å². The molecule has 0 aliphatic carbocycles. The molecule has 0 radical (unpaired) electrons. The first-order chi connectivity index (χ1) is 33.6. The summed E-state index contributed by atoms with van der Waals surface area (Å²) in [6.45, 7) is 31.9. The molecule has 3 heterocycles. The van der Waals surface area contributed by atoms with Crippen molar-refractivity contribution in [2.45, 2.75) is 117 Å². The van der Waals surface area contributed by atoms with Crippen molar-refractivity contribution in [3.05, 3.63) is 222 Å². The topological polar surface area (TPSA) is 33.5 Å². The fourth-order valence-corrected chi connectivity index (χ4v) is 9.98. The Bertz CT molecular complexity index is 3410. The Morgan fingerprint density at radius 2 is 1.00 bits per heavy atom. The van der Waals surface area contributed by atoms with Crippen LogP contribution in [0, 0.1) is 18.8 Å². The zero-order valence-electron chi connectivity index (χ0n) is 44.2. The first-order valence-corrected chi connectivity index (χ1v) is 25.1. The number of fused-ring (bicyclic) bond motifs is 4. The van der Waals surface area contributed by atoms with Gasteiger partial charge in [0.05, 0.1) is 0 Å². The number of nitrogens with zero attached hydrogens (tertiary/aromatic N) is 4. The molecule has 0 amide bonds. The van der Waals surface area contributed by atoms with Gasteiger partial charge in [0.1, 0.15) is 5.82 Å². The van der Waals surface area contributed by atoms with Gasteiger partial charge < -0.3 is 19.1 Å². The van der Waals surface area contributed by atoms with Crippen molar-refractivity contribution < 1.29 is 25.8 Å². The average Bonchev–Trinajstić information content (AvgIpc) is 3.89. The van der Waals surface area contributed by atoms with Gasteiger partial charge in [-0.15, -0.1) is 53.6 Å². The Morgan fingerprint density at radius 1 is 0.444 bits per heavy atom. The third-order valence-corrected chi connectivity index (χ3v) is 14.8. The molecule has 10 rings (SSSR count). The maximum atomic E-state index is 7.07. The standard InChI is InChI=1S/C66H67N4O.Pt/c1-62(2,3)46-28-30-55-56-31-29-53(42-60(56)70(59(55)39-46)61-40-47(32-33-67-61)65(10,11)44-22-16-14-17-23-44)71-54-38-50(66(12,13)45-24-18-15-19-25-45)37-52(41-54)69-43-68(57-26-20-21-27-58(57)69)51-35-48(63(4,5)6)34-49(36-51)64(7,8)9;/h14-40,43H,1-13H3;/q-3;. The number of anilines is 4. The molecular formula is C66H67N4OPt-3. The molecule has 0 saturated heterocycles. The number of ether oxygens (including phenoxy) is 1. The third kappa shape index (κ3) is 9.42. The molecule has 0 unspecified atom stereocenters. The maximum absolute atomic E-state index is 7.07. The van der Waals surface area contributed by atoms with E-state index < -0.39 is 0 Å². The summed E-state index contributed by atoms with van der Waals surface area (Å²) in [5.41, 5.74) is 14.0. The smallest absolute Gasteiger partial charge is 0.135 e. The van der Waals surface area contributed by atoms with Crippen LogP contribution in [0.4, 0.5) is 22.7 Å². The Kier molecular flexibility index (Phi) is 13.0. The van der Waals surface area contributed by atoms with Gasteiger partial charge in [0, 0.05) is 66.8 Å². The summed E-state index contributed by atoms with van der Waals surface area (Å²) in [6.07, 6.45) is 1.94. The van der Waals surface area contributed by atoms with E-state index in [0.717, 1.165) is 55.9 Å². The van der Waals surface area contributed by atoms with Crippen molar-refractivity contribution in [2.75, 3.05) is 9.80 Å². The molecule has 0 spiro atoms. The minimum absolute atomic E-state index is 0. The van der Waals surface area contributed by atoms with Crippen molar-refractivity contribution in [1.82, 2.24) is 9.55 Å². The Labute approximate surface area is 443 Å². The summed E-state index contributed by atoms with van der Waals surface area (Å²) < 4.78 is 9.34. The minimum atomic E-state index is -0.375. The zero-order valence-corrected chi connectivity index (χ0v) is 46.5. The normalized spacial score (nSPS) is 13.4. The average molecular weight is 1130 g/mol. The van der Waals surface area contributed by atoms with Gasteiger partial charge in [0.2, 0.25) is 0 Å². The molecule has 5 nitrogen and oxygen atoms in total. The van der Waals surface area contributed by atoms with E-state index in [-0.39, 0.29) is 48.1 Å². The van der Waals surface area contributed by atoms with Gasteiger partial charge in [-0.1, -0.05) is 187 Å². The second-order valence-corrected chi connectivity index (χ2v) is 23.6. The quantitative estimate of drug-likeness (QED) is 0.135. The first-order valence-electron chi connectivity index (χ1n) is 25.1. The number of rotatable bonds is 9. The van der Waals surface area contributed by atoms with Gasteiger partial charge in [-0.25, -0.2) is 4.98 Å². The minimum Gasteiger partial charge on any atom is -0.509 e. The van der Waals surface area contributed by atoms with Crippen LogP contribution in [0.5, 0.6) is 11.5 Å². The van der Waals surface area contributed by atoms with Crippen LogP contribution in [0.2, 0.25) is 0 Å². The van der Waals surface area contributed by atoms with E-state index >= 15 is 0 Å². The molecule has 72 heavy (non-hydrogen) atoms. The molecule has 0 bridgehead atoms. The van der Waals surface area contributed by atoms with E-state index in [1.165, 1.54) is 33.4 Å². The van der Waals surface area contributed by atoms with Crippen LogP contribution >= 0.6 is 0 Å². The van der Waals surface area contributed by atoms with Gasteiger partial charge >= 0.3 is 0 Å². The third-order valence-electron chi connectivity index (χ3n) is 14.8. The summed E-state index contributed by atoms with van der Waals surface area (Å²) >= 11 is 0. The van der Waals surface area contributed by atoms with E-state index in [0.29, 0.717) is 11.5 Å². The van der Waals surface area contributed by atoms with Crippen LogP contribution in [0.3, 0.4) is 0 Å². The largest absolute Gasteiger partial charge is 0.509 e. The molecular weight excluding hydrogens is 1060 g/mol. The van der Waals surface area contributed by atoms with Gasteiger partial charge in [0.15, 0.2) is 0 Å². The van der Waals surface area contributed by atoms with Crippen molar-refractivity contribution in [1.29, 1.82) is 0 Å². The molecule has 1 aliphatic rings. The monoisotopic (exact) mass is 1130 g/mol. The number of benzene rings is 7. The first kappa shape index (κ1) is 50.5. The molecule has 6 heteroatoms. The van der Waals surface area contributed by atoms with Crippen molar-refractivity contribution in [2.24, 2.45) is 0 Å². The second kappa shape index (κ2) is 18.6. The van der Waals surface area contributed by atoms with Gasteiger partial charge in [-0.2, -0.15) is 6.07 Å². The van der Waals surface area contributed by atoms with Crippen molar-refractivity contribution >= 4 is 44.6 Å². The van der Waals surface area contributed by atoms with Crippen LogP contribution < -0.4 is 14.5 Å². The molecule has 9 aromatic rings. The molecule has 370 valence electrons. The molecule has 2 aromatic heterocycles. The molecule has 0 N–H and O–H groups in total. The summed E-state index contributed by atoms with van der Waals surface area (Å²) in [4.78, 5) is 9.68. The van der Waals surface area contributed by atoms with Crippen LogP contribution in [0.25, 0.3) is 27.6 Å². The Balaban J connectivity index is 0.00000640. The van der Waals surface area contributed by atoms with Crippen molar-refractivity contribution in [3.63, 3.8) is 0 Å². The van der Waals surface area contributed by atoms with Crippen LogP contribution in [0.15, 0.2) is 164 Å². The molecule has 1 aliphatic heterocycles. The molecule has 7 aromatic carbocycles. The summed E-state index contributed by atoms with van der Waals surface area (Å²) in [5.74, 6) is 2.03. The molecule has 0 saturated carbocycles. The predicted octanol–water partition coefficient (Wildman–Crippen LogP) is 17.5. The van der Waals surface area contributed by atoms with Crippen LogP contribution in [-0.4, -0.2) is 9.55 Å². The summed E-state index contributed by atoms with van der Waals surface area (Å²) in [7, 11) is 0. The molecule has 0 atom stereocenters. The molecule has 0 fully saturated rings. The fourth-order valence-electron chi connectivity index (χ4n) is 9.98. The number of para-hydroxylation sites is 2. The Morgan fingerprint density at radius 3 is 1.60 bits per heavy atom. The number of hydrogen-bond acceptors (Lipinski definition) is 4. The number of hydrogen-bond donors (Lipinski definition) is 0. The van der Waals surface area contributed by atoms with E-state index in [4.69, 9.17) is 9.72 Å². The summed E-state index contributed by atoms with van der Waals surface area (Å²) in [6, 6.07) is 64.6. The SMILES string of the molecule is CC(C)(C)c1cc(N2[CH-]N(c3[c-]c(Oc4[c-]c5c(cc4)c4ccc(C(C)(C)C)cc4n5-c4cc(C(C)(C)c5ccccc5)ccn4)cc(C(C)(C)c4ccccc4)c3)c3ccccc32)cc(C(C)(C)C)c1.[Pt]. The zero-order chi connectivity index (χ0) is 50.3. The van der Waals surface area contributed by atoms with Gasteiger partial charge in [-0.3, -0.25) is 0 Å². The summed E-state index contributed by atoms with van der Waals surface area (Å²) in [5, 5.41) is 2.22. The fraction of sp³-hybridized carbons (Fsp3) is 0.273. The van der Waals surface area contributed by atoms with Gasteiger partial charge in [-0.05, 0) is 103 Å².